The average molecular weight is 233 g/mol. The van der Waals surface area contributed by atoms with Crippen molar-refractivity contribution in [3.8, 4) is 11.5 Å². The van der Waals surface area contributed by atoms with Gasteiger partial charge in [0.25, 0.3) is 0 Å². The van der Waals surface area contributed by atoms with Crippen LogP contribution in [0.15, 0.2) is 22.6 Å². The number of nitrogens with one attached hydrogen (secondary N) is 1. The molecule has 0 spiro atoms. The Balaban J connectivity index is 1.69. The number of aryl methyl sites for hydroxylation is 1. The second-order valence-corrected chi connectivity index (χ2v) is 3.67. The van der Waals surface area contributed by atoms with Crippen LogP contribution in [0.2, 0.25) is 0 Å². The molecule has 0 bridgehead atoms. The number of fused-ring (bicyclic) bond motifs is 1. The lowest BCUT2D eigenvalue weighted by atomic mass is 10.2. The van der Waals surface area contributed by atoms with E-state index < -0.39 is 0 Å². The van der Waals surface area contributed by atoms with Crippen LogP contribution in [0, 0.1) is 6.92 Å². The third-order valence-electron chi connectivity index (χ3n) is 2.41. The van der Waals surface area contributed by atoms with Crippen molar-refractivity contribution in [3.05, 3.63) is 29.7 Å². The predicted molar refractivity (Wildman–Crippen MR) is 58.9 cm³/mol. The van der Waals surface area contributed by atoms with E-state index in [2.05, 4.69) is 15.5 Å². The summed E-state index contributed by atoms with van der Waals surface area (Å²) in [5.74, 6) is 2.09. The number of nitrogens with zero attached hydrogens (tertiary/aromatic N) is 2. The van der Waals surface area contributed by atoms with E-state index in [0.717, 1.165) is 17.1 Å². The third-order valence-corrected chi connectivity index (χ3v) is 2.41. The number of aromatic nitrogens is 2. The van der Waals surface area contributed by atoms with Gasteiger partial charge >= 0.3 is 6.01 Å². The Kier molecular flexibility index (Phi) is 2.32. The molecule has 17 heavy (non-hydrogen) atoms. The number of hydrogen-bond acceptors (Lipinski definition) is 6. The highest BCUT2D eigenvalue weighted by atomic mass is 16.7. The molecular weight excluding hydrogens is 222 g/mol. The minimum atomic E-state index is 0.287. The third kappa shape index (κ3) is 2.01. The Morgan fingerprint density at radius 2 is 2.12 bits per heavy atom. The molecule has 6 heteroatoms. The lowest BCUT2D eigenvalue weighted by molar-refractivity contribution is 0.174. The van der Waals surface area contributed by atoms with Gasteiger partial charge in [0.15, 0.2) is 11.5 Å². The van der Waals surface area contributed by atoms with E-state index in [9.17, 15) is 0 Å². The molecule has 3 rings (SSSR count). The highest BCUT2D eigenvalue weighted by Gasteiger charge is 2.13. The Hall–Kier alpha value is -2.24. The van der Waals surface area contributed by atoms with E-state index in [1.54, 1.807) is 6.92 Å². The number of hydrogen-bond donors (Lipinski definition) is 1. The highest BCUT2D eigenvalue weighted by Crippen LogP contribution is 2.32. The summed E-state index contributed by atoms with van der Waals surface area (Å²) >= 11 is 0. The molecule has 0 radical (unpaired) electrons. The molecule has 1 N–H and O–H groups in total. The number of rotatable bonds is 3. The summed E-state index contributed by atoms with van der Waals surface area (Å²) in [7, 11) is 0. The Morgan fingerprint density at radius 3 is 2.94 bits per heavy atom. The lowest BCUT2D eigenvalue weighted by Crippen LogP contribution is -1.99. The van der Waals surface area contributed by atoms with Crippen LogP contribution in [0.5, 0.6) is 11.5 Å². The maximum atomic E-state index is 5.29. The normalized spacial score (nSPS) is 12.8. The molecule has 88 valence electrons. The predicted octanol–water partition coefficient (Wildman–Crippen LogP) is 1.72. The van der Waals surface area contributed by atoms with E-state index in [0.29, 0.717) is 18.5 Å². The molecular formula is C11H11N3O3. The van der Waals surface area contributed by atoms with Crippen LogP contribution in [-0.2, 0) is 6.54 Å². The van der Waals surface area contributed by atoms with Crippen molar-refractivity contribution < 1.29 is 13.9 Å². The molecule has 0 saturated heterocycles. The van der Waals surface area contributed by atoms with Gasteiger partial charge in [0, 0.05) is 13.5 Å². The van der Waals surface area contributed by atoms with Gasteiger partial charge in [-0.3, -0.25) is 0 Å². The molecule has 0 unspecified atom stereocenters. The van der Waals surface area contributed by atoms with Crippen LogP contribution in [-0.4, -0.2) is 17.0 Å². The van der Waals surface area contributed by atoms with Crippen LogP contribution >= 0.6 is 0 Å². The van der Waals surface area contributed by atoms with Crippen molar-refractivity contribution in [1.82, 2.24) is 10.2 Å². The minimum Gasteiger partial charge on any atom is -0.454 e. The van der Waals surface area contributed by atoms with E-state index in [1.807, 2.05) is 18.2 Å². The SMILES string of the molecule is Cc1nnc(NCc2ccc3c(c2)OCO3)o1. The molecule has 0 aliphatic carbocycles. The first-order valence-electron chi connectivity index (χ1n) is 5.24. The summed E-state index contributed by atoms with van der Waals surface area (Å²) in [5, 5.41) is 10.6. The van der Waals surface area contributed by atoms with Crippen molar-refractivity contribution >= 4 is 6.01 Å². The summed E-state index contributed by atoms with van der Waals surface area (Å²) in [5.41, 5.74) is 1.06. The first kappa shape index (κ1) is 9.95. The molecule has 1 aliphatic rings. The largest absolute Gasteiger partial charge is 0.454 e. The number of ether oxygens (including phenoxy) is 2. The zero-order chi connectivity index (χ0) is 11.7. The maximum Gasteiger partial charge on any atom is 0.315 e. The van der Waals surface area contributed by atoms with Crippen LogP contribution < -0.4 is 14.8 Å². The summed E-state index contributed by atoms with van der Waals surface area (Å²) in [6, 6.07) is 6.20. The van der Waals surface area contributed by atoms with Crippen LogP contribution in [0.1, 0.15) is 11.5 Å². The molecule has 6 nitrogen and oxygen atoms in total. The molecule has 1 aliphatic heterocycles. The molecule has 0 atom stereocenters. The first-order chi connectivity index (χ1) is 8.31. The fourth-order valence-corrected chi connectivity index (χ4v) is 1.60. The molecule has 0 saturated carbocycles. The fourth-order valence-electron chi connectivity index (χ4n) is 1.60. The van der Waals surface area contributed by atoms with Crippen molar-refractivity contribution in [2.45, 2.75) is 13.5 Å². The van der Waals surface area contributed by atoms with Gasteiger partial charge in [0.1, 0.15) is 0 Å². The lowest BCUT2D eigenvalue weighted by Gasteiger charge is -2.03. The monoisotopic (exact) mass is 233 g/mol. The Morgan fingerprint density at radius 1 is 1.24 bits per heavy atom. The van der Waals surface area contributed by atoms with E-state index in [-0.39, 0.29) is 6.79 Å². The summed E-state index contributed by atoms with van der Waals surface area (Å²) in [6.45, 7) is 2.63. The van der Waals surface area contributed by atoms with Gasteiger partial charge in [-0.2, -0.15) is 0 Å². The van der Waals surface area contributed by atoms with Gasteiger partial charge in [0.05, 0.1) is 0 Å². The first-order valence-corrected chi connectivity index (χ1v) is 5.24. The van der Waals surface area contributed by atoms with Crippen molar-refractivity contribution in [1.29, 1.82) is 0 Å². The number of anilines is 1. The van der Waals surface area contributed by atoms with Crippen molar-refractivity contribution in [2.24, 2.45) is 0 Å². The number of benzene rings is 1. The van der Waals surface area contributed by atoms with Crippen LogP contribution in [0.25, 0.3) is 0 Å². The average Bonchev–Trinajstić information content (AvgIpc) is 2.94. The zero-order valence-electron chi connectivity index (χ0n) is 9.27. The van der Waals surface area contributed by atoms with Gasteiger partial charge in [0.2, 0.25) is 12.7 Å². The molecule has 1 aromatic heterocycles. The van der Waals surface area contributed by atoms with E-state index in [1.165, 1.54) is 0 Å². The standard InChI is InChI=1S/C11H11N3O3/c1-7-13-14-11(17-7)12-5-8-2-3-9-10(4-8)16-6-15-9/h2-4H,5-6H2,1H3,(H,12,14). The van der Waals surface area contributed by atoms with Gasteiger partial charge < -0.3 is 19.2 Å². The fraction of sp³-hybridized carbons (Fsp3) is 0.273. The highest BCUT2D eigenvalue weighted by molar-refractivity contribution is 5.45. The Labute approximate surface area is 97.6 Å². The van der Waals surface area contributed by atoms with Crippen molar-refractivity contribution in [3.63, 3.8) is 0 Å². The van der Waals surface area contributed by atoms with Gasteiger partial charge in [-0.15, -0.1) is 5.10 Å². The molecule has 0 fully saturated rings. The van der Waals surface area contributed by atoms with Crippen LogP contribution in [0.3, 0.4) is 0 Å². The summed E-state index contributed by atoms with van der Waals surface area (Å²) in [6.07, 6.45) is 0. The summed E-state index contributed by atoms with van der Waals surface area (Å²) < 4.78 is 15.7. The molecule has 2 aromatic rings. The Bertz CT molecular complexity index is 539. The van der Waals surface area contributed by atoms with Gasteiger partial charge in [-0.05, 0) is 17.7 Å². The zero-order valence-corrected chi connectivity index (χ0v) is 9.27. The quantitative estimate of drug-likeness (QED) is 0.870. The van der Waals surface area contributed by atoms with Gasteiger partial charge in [-0.25, -0.2) is 0 Å². The van der Waals surface area contributed by atoms with Gasteiger partial charge in [-0.1, -0.05) is 11.2 Å². The molecule has 0 amide bonds. The van der Waals surface area contributed by atoms with Crippen molar-refractivity contribution in [2.75, 3.05) is 12.1 Å². The topological polar surface area (TPSA) is 69.4 Å². The molecule has 1 aromatic carbocycles. The maximum absolute atomic E-state index is 5.29. The smallest absolute Gasteiger partial charge is 0.315 e. The van der Waals surface area contributed by atoms with E-state index in [4.69, 9.17) is 13.9 Å². The minimum absolute atomic E-state index is 0.287. The van der Waals surface area contributed by atoms with Crippen LogP contribution in [0.4, 0.5) is 6.01 Å². The molecule has 2 heterocycles. The van der Waals surface area contributed by atoms with E-state index >= 15 is 0 Å². The second kappa shape index (κ2) is 3.97. The second-order valence-electron chi connectivity index (χ2n) is 3.67. The summed E-state index contributed by atoms with van der Waals surface area (Å²) in [4.78, 5) is 0.